The van der Waals surface area contributed by atoms with Gasteiger partial charge in [-0.1, -0.05) is 12.1 Å². The number of nitrogens with one attached hydrogen (secondary N) is 2. The van der Waals surface area contributed by atoms with E-state index in [1.54, 1.807) is 31.5 Å². The van der Waals surface area contributed by atoms with Crippen molar-refractivity contribution in [2.24, 2.45) is 0 Å². The minimum absolute atomic E-state index is 0.0615. The van der Waals surface area contributed by atoms with Crippen LogP contribution in [0.4, 0.5) is 10.2 Å². The van der Waals surface area contributed by atoms with Crippen molar-refractivity contribution >= 4 is 28.4 Å². The molecule has 0 atom stereocenters. The van der Waals surface area contributed by atoms with Gasteiger partial charge in [0.15, 0.2) is 11.5 Å². The Bertz CT molecular complexity index is 1260. The van der Waals surface area contributed by atoms with E-state index in [1.807, 2.05) is 16.5 Å². The standard InChI is InChI=1S/C23H22FN5O2/c1-31-11-10-25-21-22-26-13-20(29(22)19-12-16(24)6-9-18(19)28-21)14-2-4-15(5-3-14)23(30)27-17-7-8-17/h2-6,9,12-13,17H,7-8,10-11H2,1H3,(H,25,28)(H,27,30). The van der Waals surface area contributed by atoms with Crippen LogP contribution in [0.15, 0.2) is 48.7 Å². The number of carbonyl (C=O) groups excluding carboxylic acids is 1. The van der Waals surface area contributed by atoms with E-state index in [9.17, 15) is 9.18 Å². The summed E-state index contributed by atoms with van der Waals surface area (Å²) in [5.41, 5.74) is 4.14. The lowest BCUT2D eigenvalue weighted by atomic mass is 10.1. The SMILES string of the molecule is COCCNc1nc2ccc(F)cc2n2c(-c3ccc(C(=O)NC4CC4)cc3)cnc12. The van der Waals surface area contributed by atoms with Crippen molar-refractivity contribution in [2.75, 3.05) is 25.6 Å². The number of hydrogen-bond donors (Lipinski definition) is 2. The minimum Gasteiger partial charge on any atom is -0.383 e. The van der Waals surface area contributed by atoms with Gasteiger partial charge in [0.05, 0.1) is 29.5 Å². The first kappa shape index (κ1) is 19.4. The van der Waals surface area contributed by atoms with Crippen LogP contribution >= 0.6 is 0 Å². The zero-order valence-electron chi connectivity index (χ0n) is 17.1. The Hall–Kier alpha value is -3.52. The Morgan fingerprint density at radius 3 is 2.77 bits per heavy atom. The number of hydrogen-bond acceptors (Lipinski definition) is 5. The second-order valence-corrected chi connectivity index (χ2v) is 7.64. The first-order valence-electron chi connectivity index (χ1n) is 10.2. The van der Waals surface area contributed by atoms with Gasteiger partial charge in [0.2, 0.25) is 0 Å². The summed E-state index contributed by atoms with van der Waals surface area (Å²) in [6.45, 7) is 1.09. The van der Waals surface area contributed by atoms with Gasteiger partial charge >= 0.3 is 0 Å². The van der Waals surface area contributed by atoms with Crippen molar-refractivity contribution in [3.63, 3.8) is 0 Å². The number of ether oxygens (including phenoxy) is 1. The van der Waals surface area contributed by atoms with Crippen LogP contribution in [0.5, 0.6) is 0 Å². The summed E-state index contributed by atoms with van der Waals surface area (Å²) < 4.78 is 21.1. The number of rotatable bonds is 7. The molecule has 2 aromatic heterocycles. The van der Waals surface area contributed by atoms with Crippen LogP contribution in [-0.2, 0) is 4.74 Å². The van der Waals surface area contributed by atoms with Crippen molar-refractivity contribution in [1.82, 2.24) is 19.7 Å². The zero-order chi connectivity index (χ0) is 21.4. The summed E-state index contributed by atoms with van der Waals surface area (Å²) in [6.07, 6.45) is 3.83. The second-order valence-electron chi connectivity index (χ2n) is 7.64. The third-order valence-corrected chi connectivity index (χ3v) is 5.34. The van der Waals surface area contributed by atoms with Crippen molar-refractivity contribution in [3.8, 4) is 11.3 Å². The van der Waals surface area contributed by atoms with Crippen LogP contribution in [0.1, 0.15) is 23.2 Å². The van der Waals surface area contributed by atoms with E-state index >= 15 is 0 Å². The highest BCUT2D eigenvalue weighted by atomic mass is 19.1. The molecule has 1 saturated carbocycles. The number of halogens is 1. The fourth-order valence-electron chi connectivity index (χ4n) is 3.59. The van der Waals surface area contributed by atoms with Gasteiger partial charge in [0, 0.05) is 36.9 Å². The summed E-state index contributed by atoms with van der Waals surface area (Å²) in [4.78, 5) is 21.5. The van der Waals surface area contributed by atoms with E-state index < -0.39 is 0 Å². The van der Waals surface area contributed by atoms with Crippen LogP contribution < -0.4 is 10.6 Å². The summed E-state index contributed by atoms with van der Waals surface area (Å²) in [5, 5.41) is 6.23. The predicted octanol–water partition coefficient (Wildman–Crippen LogP) is 3.64. The molecule has 0 saturated heterocycles. The summed E-state index contributed by atoms with van der Waals surface area (Å²) >= 11 is 0. The third-order valence-electron chi connectivity index (χ3n) is 5.34. The molecule has 0 unspecified atom stereocenters. The summed E-state index contributed by atoms with van der Waals surface area (Å²) in [6, 6.07) is 12.2. The number of amides is 1. The predicted molar refractivity (Wildman–Crippen MR) is 117 cm³/mol. The van der Waals surface area contributed by atoms with E-state index in [2.05, 4.69) is 20.6 Å². The van der Waals surface area contributed by atoms with Gasteiger partial charge in [-0.15, -0.1) is 0 Å². The van der Waals surface area contributed by atoms with Crippen molar-refractivity contribution in [3.05, 3.63) is 60.0 Å². The van der Waals surface area contributed by atoms with Gasteiger partial charge in [0.25, 0.3) is 5.91 Å². The number of fused-ring (bicyclic) bond motifs is 3. The fourth-order valence-corrected chi connectivity index (χ4v) is 3.59. The Labute approximate surface area is 178 Å². The van der Waals surface area contributed by atoms with Gasteiger partial charge < -0.3 is 15.4 Å². The number of nitrogens with zero attached hydrogens (tertiary/aromatic N) is 3. The lowest BCUT2D eigenvalue weighted by molar-refractivity contribution is 0.0951. The number of anilines is 1. The molecule has 8 heteroatoms. The first-order chi connectivity index (χ1) is 15.1. The molecule has 2 aromatic carbocycles. The molecule has 0 bridgehead atoms. The molecule has 0 aliphatic heterocycles. The molecule has 1 aliphatic carbocycles. The van der Waals surface area contributed by atoms with E-state index in [-0.39, 0.29) is 11.7 Å². The summed E-state index contributed by atoms with van der Waals surface area (Å²) in [5.74, 6) is 0.193. The van der Waals surface area contributed by atoms with E-state index in [0.29, 0.717) is 47.3 Å². The maximum Gasteiger partial charge on any atom is 0.251 e. The maximum absolute atomic E-state index is 14.1. The lowest BCUT2D eigenvalue weighted by Crippen LogP contribution is -2.25. The molecule has 1 amide bonds. The highest BCUT2D eigenvalue weighted by Gasteiger charge is 2.24. The van der Waals surface area contributed by atoms with Gasteiger partial charge in [-0.05, 0) is 37.1 Å². The molecule has 0 spiro atoms. The van der Waals surface area contributed by atoms with Gasteiger partial charge in [-0.3, -0.25) is 9.20 Å². The van der Waals surface area contributed by atoms with Crippen molar-refractivity contribution in [2.45, 2.75) is 18.9 Å². The minimum atomic E-state index is -0.345. The van der Waals surface area contributed by atoms with E-state index in [1.165, 1.54) is 12.1 Å². The Morgan fingerprint density at radius 1 is 1.23 bits per heavy atom. The molecule has 4 aromatic rings. The smallest absolute Gasteiger partial charge is 0.251 e. The lowest BCUT2D eigenvalue weighted by Gasteiger charge is -2.12. The summed E-state index contributed by atoms with van der Waals surface area (Å²) in [7, 11) is 1.63. The molecule has 1 fully saturated rings. The van der Waals surface area contributed by atoms with E-state index in [4.69, 9.17) is 4.74 Å². The molecule has 5 rings (SSSR count). The van der Waals surface area contributed by atoms with Gasteiger partial charge in [-0.2, -0.15) is 0 Å². The Balaban J connectivity index is 1.59. The molecule has 2 heterocycles. The van der Waals surface area contributed by atoms with Crippen LogP contribution in [0.3, 0.4) is 0 Å². The highest BCUT2D eigenvalue weighted by Crippen LogP contribution is 2.29. The molecule has 0 radical (unpaired) electrons. The Kier molecular flexibility index (Phi) is 4.99. The average Bonchev–Trinajstić information content (AvgIpc) is 3.48. The molecular formula is C23H22FN5O2. The van der Waals surface area contributed by atoms with Gasteiger partial charge in [-0.25, -0.2) is 14.4 Å². The number of methoxy groups -OCH3 is 1. The molecule has 2 N–H and O–H groups in total. The molecule has 7 nitrogen and oxygen atoms in total. The van der Waals surface area contributed by atoms with Crippen molar-refractivity contribution in [1.29, 1.82) is 0 Å². The topological polar surface area (TPSA) is 80.5 Å². The average molecular weight is 419 g/mol. The molecule has 1 aliphatic rings. The number of aromatic nitrogens is 3. The second kappa shape index (κ2) is 7.96. The van der Waals surface area contributed by atoms with Crippen molar-refractivity contribution < 1.29 is 13.9 Å². The molecular weight excluding hydrogens is 397 g/mol. The monoisotopic (exact) mass is 419 g/mol. The first-order valence-corrected chi connectivity index (χ1v) is 10.2. The molecule has 31 heavy (non-hydrogen) atoms. The van der Waals surface area contributed by atoms with E-state index in [0.717, 1.165) is 24.1 Å². The number of carbonyl (C=O) groups is 1. The molecule has 158 valence electrons. The number of imidazole rings is 1. The van der Waals surface area contributed by atoms with Crippen LogP contribution in [0.25, 0.3) is 27.9 Å². The third kappa shape index (κ3) is 3.82. The van der Waals surface area contributed by atoms with Crippen LogP contribution in [0, 0.1) is 5.82 Å². The highest BCUT2D eigenvalue weighted by molar-refractivity contribution is 5.95. The fraction of sp³-hybridized carbons (Fsp3) is 0.261. The quantitative estimate of drug-likeness (QED) is 0.447. The largest absolute Gasteiger partial charge is 0.383 e. The van der Waals surface area contributed by atoms with Gasteiger partial charge in [0.1, 0.15) is 5.82 Å². The normalized spacial score (nSPS) is 13.6. The number of benzene rings is 2. The van der Waals surface area contributed by atoms with Crippen LogP contribution in [-0.4, -0.2) is 46.6 Å². The zero-order valence-corrected chi connectivity index (χ0v) is 17.1. The maximum atomic E-state index is 14.1. The Morgan fingerprint density at radius 2 is 2.03 bits per heavy atom. The van der Waals surface area contributed by atoms with Crippen LogP contribution in [0.2, 0.25) is 0 Å².